The molecule has 0 bridgehead atoms. The summed E-state index contributed by atoms with van der Waals surface area (Å²) in [6, 6.07) is 17.2. The summed E-state index contributed by atoms with van der Waals surface area (Å²) in [7, 11) is 0. The van der Waals surface area contributed by atoms with Crippen LogP contribution in [0.25, 0.3) is 0 Å². The van der Waals surface area contributed by atoms with Crippen molar-refractivity contribution in [2.45, 2.75) is 25.9 Å². The predicted molar refractivity (Wildman–Crippen MR) is 77.9 cm³/mol. The van der Waals surface area contributed by atoms with E-state index in [1.807, 2.05) is 61.5 Å². The molecule has 2 aromatic rings. The third-order valence-electron chi connectivity index (χ3n) is 3.22. The van der Waals surface area contributed by atoms with Crippen molar-refractivity contribution < 1.29 is 14.6 Å². The fourth-order valence-corrected chi connectivity index (χ4v) is 2.11. The van der Waals surface area contributed by atoms with Crippen LogP contribution in [0.5, 0.6) is 5.75 Å². The Morgan fingerprint density at radius 3 is 2.55 bits per heavy atom. The summed E-state index contributed by atoms with van der Waals surface area (Å²) in [6.45, 7) is 2.35. The number of carboxylic acids is 1. The summed E-state index contributed by atoms with van der Waals surface area (Å²) in [5.74, 6) is -0.575. The van der Waals surface area contributed by atoms with E-state index in [2.05, 4.69) is 0 Å². The van der Waals surface area contributed by atoms with Crippen molar-refractivity contribution in [3.05, 3.63) is 65.7 Å². The molecular formula is C17H18O3. The van der Waals surface area contributed by atoms with E-state index >= 15 is 0 Å². The van der Waals surface area contributed by atoms with Gasteiger partial charge in [-0.05, 0) is 29.7 Å². The van der Waals surface area contributed by atoms with Gasteiger partial charge < -0.3 is 9.84 Å². The Morgan fingerprint density at radius 1 is 1.15 bits per heavy atom. The molecule has 0 saturated carbocycles. The number of hydrogen-bond donors (Lipinski definition) is 1. The zero-order valence-corrected chi connectivity index (χ0v) is 11.5. The van der Waals surface area contributed by atoms with Crippen LogP contribution >= 0.6 is 0 Å². The molecule has 0 spiro atoms. The van der Waals surface area contributed by atoms with Crippen molar-refractivity contribution >= 4 is 5.97 Å². The normalized spacial score (nSPS) is 11.8. The standard InChI is InChI=1S/C17H18O3/c1-2-16(17(18)19)14-9-6-10-15(11-14)20-12-13-7-4-3-5-8-13/h3-11,16H,2,12H2,1H3,(H,18,19). The lowest BCUT2D eigenvalue weighted by molar-refractivity contribution is -0.138. The molecule has 2 rings (SSSR count). The number of aliphatic carboxylic acids is 1. The minimum Gasteiger partial charge on any atom is -0.489 e. The summed E-state index contributed by atoms with van der Waals surface area (Å²) >= 11 is 0. The highest BCUT2D eigenvalue weighted by Crippen LogP contribution is 2.24. The van der Waals surface area contributed by atoms with Crippen LogP contribution in [0.3, 0.4) is 0 Å². The van der Waals surface area contributed by atoms with E-state index < -0.39 is 11.9 Å². The lowest BCUT2D eigenvalue weighted by Gasteiger charge is -2.12. The van der Waals surface area contributed by atoms with E-state index in [9.17, 15) is 9.90 Å². The van der Waals surface area contributed by atoms with Gasteiger partial charge in [-0.2, -0.15) is 0 Å². The van der Waals surface area contributed by atoms with E-state index in [-0.39, 0.29) is 0 Å². The Morgan fingerprint density at radius 2 is 1.90 bits per heavy atom. The van der Waals surface area contributed by atoms with E-state index in [1.54, 1.807) is 0 Å². The number of ether oxygens (including phenoxy) is 1. The van der Waals surface area contributed by atoms with Crippen LogP contribution < -0.4 is 4.74 Å². The molecule has 1 N–H and O–H groups in total. The third-order valence-corrected chi connectivity index (χ3v) is 3.22. The second kappa shape index (κ2) is 6.75. The molecule has 0 aliphatic heterocycles. The zero-order valence-electron chi connectivity index (χ0n) is 11.5. The van der Waals surface area contributed by atoms with E-state index in [4.69, 9.17) is 4.74 Å². The largest absolute Gasteiger partial charge is 0.489 e. The molecule has 0 fully saturated rings. The second-order valence-electron chi connectivity index (χ2n) is 4.65. The van der Waals surface area contributed by atoms with Crippen LogP contribution in [0.4, 0.5) is 0 Å². The van der Waals surface area contributed by atoms with Gasteiger partial charge in [0.05, 0.1) is 5.92 Å². The maximum absolute atomic E-state index is 11.2. The van der Waals surface area contributed by atoms with Gasteiger partial charge in [0.25, 0.3) is 0 Å². The number of carboxylic acid groups (broad SMARTS) is 1. The molecule has 1 unspecified atom stereocenters. The smallest absolute Gasteiger partial charge is 0.310 e. The van der Waals surface area contributed by atoms with Gasteiger partial charge >= 0.3 is 5.97 Å². The SMILES string of the molecule is CCC(C(=O)O)c1cccc(OCc2ccccc2)c1. The molecule has 0 aliphatic rings. The number of hydrogen-bond acceptors (Lipinski definition) is 2. The van der Waals surface area contributed by atoms with Gasteiger partial charge in [0.15, 0.2) is 0 Å². The molecule has 0 aliphatic carbocycles. The molecule has 20 heavy (non-hydrogen) atoms. The highest BCUT2D eigenvalue weighted by atomic mass is 16.5. The van der Waals surface area contributed by atoms with Gasteiger partial charge in [-0.15, -0.1) is 0 Å². The van der Waals surface area contributed by atoms with Crippen LogP contribution in [-0.4, -0.2) is 11.1 Å². The van der Waals surface area contributed by atoms with Crippen LogP contribution in [0.1, 0.15) is 30.4 Å². The summed E-state index contributed by atoms with van der Waals surface area (Å²) in [5, 5.41) is 9.18. The second-order valence-corrected chi connectivity index (χ2v) is 4.65. The molecule has 0 radical (unpaired) electrons. The van der Waals surface area contributed by atoms with Crippen molar-refractivity contribution in [3.8, 4) is 5.75 Å². The van der Waals surface area contributed by atoms with Gasteiger partial charge in [-0.3, -0.25) is 4.79 Å². The molecule has 3 nitrogen and oxygen atoms in total. The predicted octanol–water partition coefficient (Wildman–Crippen LogP) is 3.84. The topological polar surface area (TPSA) is 46.5 Å². The van der Waals surface area contributed by atoms with Crippen LogP contribution in [0, 0.1) is 0 Å². The van der Waals surface area contributed by atoms with Crippen molar-refractivity contribution in [1.82, 2.24) is 0 Å². The monoisotopic (exact) mass is 270 g/mol. The zero-order chi connectivity index (χ0) is 14.4. The number of carbonyl (C=O) groups is 1. The van der Waals surface area contributed by atoms with Crippen molar-refractivity contribution in [1.29, 1.82) is 0 Å². The van der Waals surface area contributed by atoms with Gasteiger partial charge in [0.1, 0.15) is 12.4 Å². The maximum atomic E-state index is 11.2. The fourth-order valence-electron chi connectivity index (χ4n) is 2.11. The minimum absolute atomic E-state index is 0.477. The van der Waals surface area contributed by atoms with Gasteiger partial charge in [-0.25, -0.2) is 0 Å². The first-order chi connectivity index (χ1) is 9.70. The Balaban J connectivity index is 2.08. The van der Waals surface area contributed by atoms with Crippen molar-refractivity contribution in [2.24, 2.45) is 0 Å². The molecule has 3 heteroatoms. The summed E-state index contributed by atoms with van der Waals surface area (Å²) in [6.07, 6.45) is 0.567. The summed E-state index contributed by atoms with van der Waals surface area (Å²) < 4.78 is 5.71. The molecule has 1 atom stereocenters. The summed E-state index contributed by atoms with van der Waals surface area (Å²) in [5.41, 5.74) is 1.87. The molecule has 0 saturated heterocycles. The van der Waals surface area contributed by atoms with E-state index in [0.717, 1.165) is 11.1 Å². The molecule has 104 valence electrons. The number of rotatable bonds is 6. The van der Waals surface area contributed by atoms with Gasteiger partial charge in [0.2, 0.25) is 0 Å². The lowest BCUT2D eigenvalue weighted by atomic mass is 9.97. The van der Waals surface area contributed by atoms with Crippen LogP contribution in [0.15, 0.2) is 54.6 Å². The highest BCUT2D eigenvalue weighted by Gasteiger charge is 2.17. The minimum atomic E-state index is -0.798. The fraction of sp³-hybridized carbons (Fsp3) is 0.235. The molecule has 0 aromatic heterocycles. The number of benzene rings is 2. The van der Waals surface area contributed by atoms with Crippen LogP contribution in [-0.2, 0) is 11.4 Å². The van der Waals surface area contributed by atoms with Crippen molar-refractivity contribution in [2.75, 3.05) is 0 Å². The van der Waals surface area contributed by atoms with Crippen LogP contribution in [0.2, 0.25) is 0 Å². The molecular weight excluding hydrogens is 252 g/mol. The first-order valence-electron chi connectivity index (χ1n) is 6.70. The Kier molecular flexibility index (Phi) is 4.77. The van der Waals surface area contributed by atoms with E-state index in [0.29, 0.717) is 18.8 Å². The van der Waals surface area contributed by atoms with Gasteiger partial charge in [0, 0.05) is 0 Å². The molecule has 2 aromatic carbocycles. The Hall–Kier alpha value is -2.29. The van der Waals surface area contributed by atoms with Crippen molar-refractivity contribution in [3.63, 3.8) is 0 Å². The molecule has 0 heterocycles. The highest BCUT2D eigenvalue weighted by molar-refractivity contribution is 5.76. The first kappa shape index (κ1) is 14.1. The first-order valence-corrected chi connectivity index (χ1v) is 6.70. The quantitative estimate of drug-likeness (QED) is 0.867. The third kappa shape index (κ3) is 3.60. The average molecular weight is 270 g/mol. The van der Waals surface area contributed by atoms with E-state index in [1.165, 1.54) is 0 Å². The maximum Gasteiger partial charge on any atom is 0.310 e. The average Bonchev–Trinajstić information content (AvgIpc) is 2.47. The van der Waals surface area contributed by atoms with Gasteiger partial charge in [-0.1, -0.05) is 49.4 Å². The molecule has 0 amide bonds. The Bertz CT molecular complexity index is 563. The summed E-state index contributed by atoms with van der Waals surface area (Å²) in [4.78, 5) is 11.2. The lowest BCUT2D eigenvalue weighted by Crippen LogP contribution is -2.10. The Labute approximate surface area is 118 Å².